The van der Waals surface area contributed by atoms with Crippen LogP contribution in [0.3, 0.4) is 0 Å². The van der Waals surface area contributed by atoms with Gasteiger partial charge in [-0.05, 0) is 56.7 Å². The summed E-state index contributed by atoms with van der Waals surface area (Å²) in [6.07, 6.45) is 0. The molecule has 0 saturated carbocycles. The lowest BCUT2D eigenvalue weighted by Gasteiger charge is -2.17. The van der Waals surface area contributed by atoms with Crippen molar-refractivity contribution in [2.75, 3.05) is 0 Å². The number of halogens is 1. The first kappa shape index (κ1) is 19.6. The average molecular weight is 398 g/mol. The Bertz CT molecular complexity index is 1040. The van der Waals surface area contributed by atoms with Gasteiger partial charge in [-0.15, -0.1) is 0 Å². The van der Waals surface area contributed by atoms with Crippen molar-refractivity contribution in [3.63, 3.8) is 0 Å². The van der Waals surface area contributed by atoms with Crippen molar-refractivity contribution in [2.24, 2.45) is 0 Å². The minimum atomic E-state index is -0.986. The predicted octanol–water partition coefficient (Wildman–Crippen LogP) is 4.33. The third kappa shape index (κ3) is 3.92. The number of hydrogen-bond acceptors (Lipinski definition) is 3. The third-order valence-electron chi connectivity index (χ3n) is 4.51. The number of amides is 1. The molecule has 0 radical (unpaired) electrons. The lowest BCUT2D eigenvalue weighted by Crippen LogP contribution is -2.29. The maximum absolute atomic E-state index is 13.0. The van der Waals surface area contributed by atoms with Gasteiger partial charge >= 0.3 is 5.97 Å². The summed E-state index contributed by atoms with van der Waals surface area (Å²) in [6.45, 7) is 5.46. The molecule has 0 aliphatic rings. The fourth-order valence-electron chi connectivity index (χ4n) is 3.13. The summed E-state index contributed by atoms with van der Waals surface area (Å²) in [7, 11) is 0. The van der Waals surface area contributed by atoms with Crippen molar-refractivity contribution < 1.29 is 14.7 Å². The minimum Gasteiger partial charge on any atom is -0.478 e. The molecule has 0 aliphatic heterocycles. The zero-order valence-electron chi connectivity index (χ0n) is 15.7. The van der Waals surface area contributed by atoms with Gasteiger partial charge in [0.25, 0.3) is 5.91 Å². The van der Waals surface area contributed by atoms with Gasteiger partial charge in [0.1, 0.15) is 11.5 Å². The number of carbonyl (C=O) groups is 2. The maximum atomic E-state index is 13.0. The average Bonchev–Trinajstić information content (AvgIpc) is 2.95. The predicted molar refractivity (Wildman–Crippen MR) is 107 cm³/mol. The van der Waals surface area contributed by atoms with Gasteiger partial charge in [-0.3, -0.25) is 9.36 Å². The Morgan fingerprint density at radius 2 is 1.82 bits per heavy atom. The molecule has 0 saturated heterocycles. The summed E-state index contributed by atoms with van der Waals surface area (Å²) >= 11 is 6.11. The summed E-state index contributed by atoms with van der Waals surface area (Å²) in [5.41, 5.74) is 2.82. The van der Waals surface area contributed by atoms with Crippen LogP contribution in [0.2, 0.25) is 5.02 Å². The summed E-state index contributed by atoms with van der Waals surface area (Å²) in [4.78, 5) is 28.5. The summed E-state index contributed by atoms with van der Waals surface area (Å²) < 4.78 is 1.77. The van der Waals surface area contributed by atoms with Gasteiger partial charge in [-0.25, -0.2) is 9.78 Å². The van der Waals surface area contributed by atoms with Crippen LogP contribution < -0.4 is 5.32 Å². The topological polar surface area (TPSA) is 84.2 Å². The maximum Gasteiger partial charge on any atom is 0.335 e. The van der Waals surface area contributed by atoms with Crippen molar-refractivity contribution in [1.82, 2.24) is 14.9 Å². The number of aromatic carboxylic acids is 1. The van der Waals surface area contributed by atoms with Crippen molar-refractivity contribution in [1.29, 1.82) is 0 Å². The summed E-state index contributed by atoms with van der Waals surface area (Å²) in [6, 6.07) is 13.4. The number of rotatable bonds is 5. The number of carbonyl (C=O) groups excluding carboxylic acids is 1. The van der Waals surface area contributed by atoms with Gasteiger partial charge in [0, 0.05) is 10.7 Å². The van der Waals surface area contributed by atoms with E-state index in [9.17, 15) is 9.59 Å². The highest BCUT2D eigenvalue weighted by atomic mass is 35.5. The van der Waals surface area contributed by atoms with Gasteiger partial charge in [0.15, 0.2) is 0 Å². The molecule has 6 nitrogen and oxygen atoms in total. The number of nitrogens with zero attached hydrogens (tertiary/aromatic N) is 2. The van der Waals surface area contributed by atoms with Gasteiger partial charge < -0.3 is 10.4 Å². The minimum absolute atomic E-state index is 0.202. The highest BCUT2D eigenvalue weighted by Crippen LogP contribution is 2.22. The fourth-order valence-corrected chi connectivity index (χ4v) is 3.31. The van der Waals surface area contributed by atoms with E-state index >= 15 is 0 Å². The van der Waals surface area contributed by atoms with Gasteiger partial charge in [-0.2, -0.15) is 0 Å². The molecule has 0 bridgehead atoms. The van der Waals surface area contributed by atoms with Crippen LogP contribution >= 0.6 is 11.6 Å². The van der Waals surface area contributed by atoms with E-state index in [2.05, 4.69) is 10.3 Å². The van der Waals surface area contributed by atoms with Crippen LogP contribution in [0.25, 0.3) is 5.69 Å². The first-order chi connectivity index (χ1) is 13.3. The van der Waals surface area contributed by atoms with E-state index < -0.39 is 5.97 Å². The van der Waals surface area contributed by atoms with E-state index in [4.69, 9.17) is 16.7 Å². The summed E-state index contributed by atoms with van der Waals surface area (Å²) in [5.74, 6) is -0.573. The van der Waals surface area contributed by atoms with E-state index in [0.717, 1.165) is 11.3 Å². The Morgan fingerprint density at radius 3 is 2.43 bits per heavy atom. The molecule has 2 N–H and O–H groups in total. The first-order valence-electron chi connectivity index (χ1n) is 8.74. The standard InChI is InChI=1S/C21H20ClN3O3/c1-12(15-7-9-16(10-8-15)21(27)28)24-20(26)19-13(2)23-14(3)25(19)18-6-4-5-17(22)11-18/h4-12H,1-3H3,(H,24,26)(H,27,28)/t12-/m0/s1. The second kappa shape index (κ2) is 7.86. The normalized spacial score (nSPS) is 11.9. The molecule has 2 aromatic carbocycles. The van der Waals surface area contributed by atoms with Crippen LogP contribution in [-0.4, -0.2) is 26.5 Å². The molecule has 0 unspecified atom stereocenters. The number of benzene rings is 2. The molecular weight excluding hydrogens is 378 g/mol. The van der Waals surface area contributed by atoms with Crippen LogP contribution in [0.4, 0.5) is 0 Å². The molecule has 3 aromatic rings. The van der Waals surface area contributed by atoms with Crippen molar-refractivity contribution in [3.8, 4) is 5.69 Å². The number of carboxylic acid groups (broad SMARTS) is 1. The molecule has 7 heteroatoms. The number of carboxylic acids is 1. The summed E-state index contributed by atoms with van der Waals surface area (Å²) in [5, 5.41) is 12.5. The zero-order chi connectivity index (χ0) is 20.4. The first-order valence-corrected chi connectivity index (χ1v) is 9.11. The molecule has 1 aromatic heterocycles. The zero-order valence-corrected chi connectivity index (χ0v) is 16.5. The van der Waals surface area contributed by atoms with E-state index in [1.807, 2.05) is 26.0 Å². The largest absolute Gasteiger partial charge is 0.478 e. The SMILES string of the molecule is Cc1nc(C)n(-c2cccc(Cl)c2)c1C(=O)N[C@@H](C)c1ccc(C(=O)O)cc1. The number of nitrogens with one attached hydrogen (secondary N) is 1. The molecule has 1 heterocycles. The molecule has 0 aliphatic carbocycles. The second-order valence-electron chi connectivity index (χ2n) is 6.53. The quantitative estimate of drug-likeness (QED) is 0.671. The smallest absolute Gasteiger partial charge is 0.335 e. The Labute approximate surface area is 167 Å². The highest BCUT2D eigenvalue weighted by Gasteiger charge is 2.22. The van der Waals surface area contributed by atoms with Crippen LogP contribution in [0.15, 0.2) is 48.5 Å². The van der Waals surface area contributed by atoms with Gasteiger partial charge in [-0.1, -0.05) is 29.8 Å². The molecular formula is C21H20ClN3O3. The van der Waals surface area contributed by atoms with E-state index in [0.29, 0.717) is 22.2 Å². The van der Waals surface area contributed by atoms with Crippen LogP contribution in [-0.2, 0) is 0 Å². The van der Waals surface area contributed by atoms with Crippen molar-refractivity contribution in [2.45, 2.75) is 26.8 Å². The van der Waals surface area contributed by atoms with E-state index in [1.54, 1.807) is 35.8 Å². The number of hydrogen-bond donors (Lipinski definition) is 2. The molecule has 0 spiro atoms. The molecule has 144 valence electrons. The Hall–Kier alpha value is -3.12. The van der Waals surface area contributed by atoms with Crippen LogP contribution in [0.1, 0.15) is 50.9 Å². The Morgan fingerprint density at radius 1 is 1.14 bits per heavy atom. The molecule has 3 rings (SSSR count). The second-order valence-corrected chi connectivity index (χ2v) is 6.97. The molecule has 0 fully saturated rings. The van der Waals surface area contributed by atoms with Crippen LogP contribution in [0.5, 0.6) is 0 Å². The monoisotopic (exact) mass is 397 g/mol. The number of imidazole rings is 1. The highest BCUT2D eigenvalue weighted by molar-refractivity contribution is 6.30. The molecule has 1 amide bonds. The van der Waals surface area contributed by atoms with Crippen LogP contribution in [0, 0.1) is 13.8 Å². The number of aryl methyl sites for hydroxylation is 2. The van der Waals surface area contributed by atoms with Crippen molar-refractivity contribution in [3.05, 3.63) is 81.9 Å². The number of aromatic nitrogens is 2. The lowest BCUT2D eigenvalue weighted by atomic mass is 10.1. The molecule has 28 heavy (non-hydrogen) atoms. The van der Waals surface area contributed by atoms with Gasteiger partial charge in [0.2, 0.25) is 0 Å². The molecule has 1 atom stereocenters. The van der Waals surface area contributed by atoms with Crippen molar-refractivity contribution >= 4 is 23.5 Å². The van der Waals surface area contributed by atoms with E-state index in [1.165, 1.54) is 12.1 Å². The fraction of sp³-hybridized carbons (Fsp3) is 0.190. The lowest BCUT2D eigenvalue weighted by molar-refractivity contribution is 0.0696. The Kier molecular flexibility index (Phi) is 5.51. The Balaban J connectivity index is 1.89. The third-order valence-corrected chi connectivity index (χ3v) is 4.74. The van der Waals surface area contributed by atoms with Gasteiger partial charge in [0.05, 0.1) is 17.3 Å². The van der Waals surface area contributed by atoms with E-state index in [-0.39, 0.29) is 17.5 Å².